The van der Waals surface area contributed by atoms with Crippen molar-refractivity contribution < 1.29 is 4.79 Å². The van der Waals surface area contributed by atoms with E-state index in [9.17, 15) is 4.79 Å². The van der Waals surface area contributed by atoms with Gasteiger partial charge in [-0.1, -0.05) is 22.9 Å². The zero-order valence-electron chi connectivity index (χ0n) is 11.5. The number of hydrogen-bond acceptors (Lipinski definition) is 3. The second kappa shape index (κ2) is 8.17. The second-order valence-corrected chi connectivity index (χ2v) is 5.56. The molecule has 1 amide bonds. The van der Waals surface area contributed by atoms with Gasteiger partial charge in [0, 0.05) is 35.7 Å². The van der Waals surface area contributed by atoms with Gasteiger partial charge in [-0.15, -0.1) is 0 Å². The highest BCUT2D eigenvalue weighted by molar-refractivity contribution is 9.10. The summed E-state index contributed by atoms with van der Waals surface area (Å²) in [5.74, 6) is 0.0384. The van der Waals surface area contributed by atoms with Gasteiger partial charge in [0.15, 0.2) is 0 Å². The molecule has 106 valence electrons. The number of anilines is 1. The van der Waals surface area contributed by atoms with Gasteiger partial charge in [-0.3, -0.25) is 4.79 Å². The van der Waals surface area contributed by atoms with Crippen molar-refractivity contribution in [3.8, 4) is 0 Å². The van der Waals surface area contributed by atoms with Gasteiger partial charge in [0.05, 0.1) is 0 Å². The van der Waals surface area contributed by atoms with Crippen LogP contribution in [0.15, 0.2) is 22.7 Å². The van der Waals surface area contributed by atoms with E-state index in [0.29, 0.717) is 19.5 Å². The largest absolute Gasteiger partial charge is 0.380 e. The fraction of sp³-hybridized carbons (Fsp3) is 0.500. The number of hydrogen-bond donors (Lipinski definition) is 3. The normalized spacial score (nSPS) is 12.0. The summed E-state index contributed by atoms with van der Waals surface area (Å²) in [6, 6.07) is 6.01. The van der Waals surface area contributed by atoms with Crippen molar-refractivity contribution in [3.05, 3.63) is 28.2 Å². The first-order chi connectivity index (χ1) is 9.05. The Bertz CT molecular complexity index is 403. The van der Waals surface area contributed by atoms with Gasteiger partial charge in [0.25, 0.3) is 0 Å². The predicted octanol–water partition coefficient (Wildman–Crippen LogP) is 2.41. The number of benzene rings is 1. The van der Waals surface area contributed by atoms with Gasteiger partial charge in [0.2, 0.25) is 5.91 Å². The number of halogens is 1. The average molecular weight is 328 g/mol. The molecule has 1 atom stereocenters. The summed E-state index contributed by atoms with van der Waals surface area (Å²) in [6.45, 7) is 5.20. The maximum Gasteiger partial charge on any atom is 0.222 e. The minimum Gasteiger partial charge on any atom is -0.380 e. The van der Waals surface area contributed by atoms with Crippen LogP contribution in [-0.2, 0) is 4.79 Å². The minimum atomic E-state index is -0.0504. The molecule has 0 aliphatic heterocycles. The van der Waals surface area contributed by atoms with Gasteiger partial charge >= 0.3 is 0 Å². The average Bonchev–Trinajstić information content (AvgIpc) is 2.34. The first-order valence-corrected chi connectivity index (χ1v) is 7.35. The molecule has 5 heteroatoms. The Morgan fingerprint density at radius 1 is 1.42 bits per heavy atom. The summed E-state index contributed by atoms with van der Waals surface area (Å²) in [4.78, 5) is 11.7. The summed E-state index contributed by atoms with van der Waals surface area (Å²) in [7, 11) is 0. The van der Waals surface area contributed by atoms with Crippen molar-refractivity contribution in [3.63, 3.8) is 0 Å². The Morgan fingerprint density at radius 2 is 2.16 bits per heavy atom. The molecule has 0 aliphatic rings. The standard InChI is InChI=1S/C14H22BrN3O/c1-3-4-17-14(19)8-13(9-16)18-12-6-10(2)5-11(15)7-12/h5-7,13,18H,3-4,8-9,16H2,1-2H3,(H,17,19). The van der Waals surface area contributed by atoms with Crippen LogP contribution in [0.1, 0.15) is 25.3 Å². The van der Waals surface area contributed by atoms with E-state index >= 15 is 0 Å². The molecule has 0 saturated carbocycles. The van der Waals surface area contributed by atoms with Crippen molar-refractivity contribution in [1.29, 1.82) is 0 Å². The van der Waals surface area contributed by atoms with E-state index in [4.69, 9.17) is 5.73 Å². The van der Waals surface area contributed by atoms with Gasteiger partial charge in [-0.25, -0.2) is 0 Å². The highest BCUT2D eigenvalue weighted by Gasteiger charge is 2.12. The fourth-order valence-corrected chi connectivity index (χ4v) is 2.42. The maximum atomic E-state index is 11.7. The van der Waals surface area contributed by atoms with E-state index in [1.54, 1.807) is 0 Å². The molecule has 1 aromatic rings. The van der Waals surface area contributed by atoms with Gasteiger partial charge in [0.1, 0.15) is 0 Å². The molecule has 1 rings (SSSR count). The van der Waals surface area contributed by atoms with E-state index in [1.165, 1.54) is 0 Å². The molecule has 0 spiro atoms. The van der Waals surface area contributed by atoms with E-state index in [2.05, 4.69) is 26.6 Å². The molecular weight excluding hydrogens is 306 g/mol. The zero-order chi connectivity index (χ0) is 14.3. The first kappa shape index (κ1) is 16.0. The lowest BCUT2D eigenvalue weighted by molar-refractivity contribution is -0.121. The van der Waals surface area contributed by atoms with Crippen LogP contribution < -0.4 is 16.4 Å². The predicted molar refractivity (Wildman–Crippen MR) is 83.3 cm³/mol. The van der Waals surface area contributed by atoms with Gasteiger partial charge in [-0.05, 0) is 37.1 Å². The molecule has 0 heterocycles. The van der Waals surface area contributed by atoms with Crippen LogP contribution in [0, 0.1) is 6.92 Å². The molecule has 0 aliphatic carbocycles. The Morgan fingerprint density at radius 3 is 2.74 bits per heavy atom. The van der Waals surface area contributed by atoms with Crippen LogP contribution in [0.2, 0.25) is 0 Å². The number of nitrogens with two attached hydrogens (primary N) is 1. The molecule has 4 nitrogen and oxygen atoms in total. The number of amides is 1. The molecule has 1 aromatic carbocycles. The summed E-state index contributed by atoms with van der Waals surface area (Å²) in [5, 5.41) is 6.16. The quantitative estimate of drug-likeness (QED) is 0.720. The van der Waals surface area contributed by atoms with E-state index in [1.807, 2.05) is 32.0 Å². The van der Waals surface area contributed by atoms with Crippen molar-refractivity contribution in [2.24, 2.45) is 5.73 Å². The number of rotatable bonds is 7. The third-order valence-electron chi connectivity index (χ3n) is 2.70. The fourth-order valence-electron chi connectivity index (χ4n) is 1.81. The minimum absolute atomic E-state index is 0.0384. The summed E-state index contributed by atoms with van der Waals surface area (Å²) >= 11 is 3.46. The van der Waals surface area contributed by atoms with Crippen LogP contribution in [0.5, 0.6) is 0 Å². The van der Waals surface area contributed by atoms with Crippen LogP contribution >= 0.6 is 15.9 Å². The molecule has 0 bridgehead atoms. The second-order valence-electron chi connectivity index (χ2n) is 4.65. The van der Waals surface area contributed by atoms with Crippen LogP contribution in [-0.4, -0.2) is 25.0 Å². The van der Waals surface area contributed by atoms with Crippen molar-refractivity contribution in [2.45, 2.75) is 32.7 Å². The van der Waals surface area contributed by atoms with Crippen molar-refractivity contribution >= 4 is 27.5 Å². The molecule has 0 saturated heterocycles. The van der Waals surface area contributed by atoms with Crippen LogP contribution in [0.3, 0.4) is 0 Å². The summed E-state index contributed by atoms with van der Waals surface area (Å²) < 4.78 is 1.02. The maximum absolute atomic E-state index is 11.7. The summed E-state index contributed by atoms with van der Waals surface area (Å²) in [5.41, 5.74) is 7.85. The molecule has 1 unspecified atom stereocenters. The smallest absolute Gasteiger partial charge is 0.222 e. The number of aryl methyl sites for hydroxylation is 1. The lowest BCUT2D eigenvalue weighted by Crippen LogP contribution is -2.36. The van der Waals surface area contributed by atoms with Crippen LogP contribution in [0.25, 0.3) is 0 Å². The van der Waals surface area contributed by atoms with E-state index in [-0.39, 0.29) is 11.9 Å². The summed E-state index contributed by atoms with van der Waals surface area (Å²) in [6.07, 6.45) is 1.33. The van der Waals surface area contributed by atoms with Crippen molar-refractivity contribution in [2.75, 3.05) is 18.4 Å². The Kier molecular flexibility index (Phi) is 6.87. The molecule has 0 aromatic heterocycles. The Labute approximate surface area is 123 Å². The third-order valence-corrected chi connectivity index (χ3v) is 3.16. The third kappa shape index (κ3) is 6.07. The number of carbonyl (C=O) groups is 1. The molecular formula is C14H22BrN3O. The Hall–Kier alpha value is -1.07. The Balaban J connectivity index is 2.58. The van der Waals surface area contributed by atoms with Gasteiger partial charge in [-0.2, -0.15) is 0 Å². The van der Waals surface area contributed by atoms with Gasteiger partial charge < -0.3 is 16.4 Å². The molecule has 0 fully saturated rings. The van der Waals surface area contributed by atoms with Crippen LogP contribution in [0.4, 0.5) is 5.69 Å². The van der Waals surface area contributed by atoms with E-state index < -0.39 is 0 Å². The highest BCUT2D eigenvalue weighted by atomic mass is 79.9. The lowest BCUT2D eigenvalue weighted by atomic mass is 10.1. The van der Waals surface area contributed by atoms with E-state index in [0.717, 1.165) is 22.1 Å². The number of carbonyl (C=O) groups excluding carboxylic acids is 1. The topological polar surface area (TPSA) is 67.2 Å². The molecule has 19 heavy (non-hydrogen) atoms. The number of nitrogens with one attached hydrogen (secondary N) is 2. The molecule has 4 N–H and O–H groups in total. The first-order valence-electron chi connectivity index (χ1n) is 6.55. The highest BCUT2D eigenvalue weighted by Crippen LogP contribution is 2.20. The lowest BCUT2D eigenvalue weighted by Gasteiger charge is -2.18. The monoisotopic (exact) mass is 327 g/mol. The van der Waals surface area contributed by atoms with Crippen molar-refractivity contribution in [1.82, 2.24) is 5.32 Å². The molecule has 0 radical (unpaired) electrons. The zero-order valence-corrected chi connectivity index (χ0v) is 13.1. The SMILES string of the molecule is CCCNC(=O)CC(CN)Nc1cc(C)cc(Br)c1.